The third kappa shape index (κ3) is 1.28. The number of benzene rings is 1. The van der Waals surface area contributed by atoms with Gasteiger partial charge in [0.2, 0.25) is 0 Å². The Bertz CT molecular complexity index is 344. The van der Waals surface area contributed by atoms with E-state index in [2.05, 4.69) is 29.8 Å². The first-order chi connectivity index (χ1) is 6.01. The Morgan fingerprint density at radius 2 is 2.15 bits per heavy atom. The molecule has 1 aromatic carbocycles. The van der Waals surface area contributed by atoms with Crippen molar-refractivity contribution in [2.24, 2.45) is 0 Å². The molecule has 1 aliphatic carbocycles. The van der Waals surface area contributed by atoms with Crippen molar-refractivity contribution in [1.29, 1.82) is 0 Å². The van der Waals surface area contributed by atoms with Gasteiger partial charge in [0.05, 0.1) is 0 Å². The number of hydrogen-bond donors (Lipinski definition) is 1. The van der Waals surface area contributed by atoms with E-state index in [0.29, 0.717) is 10.6 Å². The summed E-state index contributed by atoms with van der Waals surface area (Å²) in [6.07, 6.45) is 1.01. The molecule has 70 valence electrons. The van der Waals surface area contributed by atoms with E-state index in [0.717, 1.165) is 6.42 Å². The van der Waals surface area contributed by atoms with E-state index in [1.807, 2.05) is 12.1 Å². The van der Waals surface area contributed by atoms with Gasteiger partial charge in [0.15, 0.2) is 0 Å². The molecular weight excluding hydrogens is 228 g/mol. The first kappa shape index (κ1) is 9.07. The van der Waals surface area contributed by atoms with Gasteiger partial charge < -0.3 is 5.11 Å². The second-order valence-electron chi connectivity index (χ2n) is 4.23. The lowest BCUT2D eigenvalue weighted by Crippen LogP contribution is -2.23. The molecule has 0 heterocycles. The van der Waals surface area contributed by atoms with E-state index in [1.165, 1.54) is 11.1 Å². The van der Waals surface area contributed by atoms with Crippen molar-refractivity contribution < 1.29 is 5.11 Å². The normalized spacial score (nSPS) is 24.4. The molecule has 0 aliphatic heterocycles. The van der Waals surface area contributed by atoms with E-state index in [9.17, 15) is 5.11 Å². The highest BCUT2D eigenvalue weighted by Crippen LogP contribution is 2.43. The number of phenolic OH excluding ortho intramolecular Hbond substituents is 1. The van der Waals surface area contributed by atoms with E-state index in [4.69, 9.17) is 0 Å². The number of halogens is 1. The Morgan fingerprint density at radius 3 is 2.85 bits per heavy atom. The predicted octanol–water partition coefficient (Wildman–Crippen LogP) is 2.99. The van der Waals surface area contributed by atoms with Gasteiger partial charge in [0.25, 0.3) is 0 Å². The Morgan fingerprint density at radius 1 is 1.46 bits per heavy atom. The largest absolute Gasteiger partial charge is 0.508 e. The maximum absolute atomic E-state index is 9.34. The monoisotopic (exact) mass is 240 g/mol. The molecule has 1 nitrogen and oxygen atoms in total. The highest BCUT2D eigenvalue weighted by molar-refractivity contribution is 9.09. The molecule has 1 aliphatic rings. The zero-order valence-corrected chi connectivity index (χ0v) is 9.43. The van der Waals surface area contributed by atoms with Crippen molar-refractivity contribution in [1.82, 2.24) is 0 Å². The van der Waals surface area contributed by atoms with Crippen LogP contribution in [0, 0.1) is 0 Å². The van der Waals surface area contributed by atoms with Crippen molar-refractivity contribution in [3.05, 3.63) is 29.3 Å². The van der Waals surface area contributed by atoms with Crippen LogP contribution in [0.3, 0.4) is 0 Å². The second-order valence-corrected chi connectivity index (χ2v) is 5.34. The number of alkyl halides is 1. The highest BCUT2D eigenvalue weighted by Gasteiger charge is 2.37. The van der Waals surface area contributed by atoms with Gasteiger partial charge in [-0.05, 0) is 29.7 Å². The summed E-state index contributed by atoms with van der Waals surface area (Å²) in [4.78, 5) is 0.483. The van der Waals surface area contributed by atoms with E-state index in [1.54, 1.807) is 6.07 Å². The zero-order valence-electron chi connectivity index (χ0n) is 7.84. The summed E-state index contributed by atoms with van der Waals surface area (Å²) in [6, 6.07) is 5.68. The molecular formula is C11H13BrO. The summed E-state index contributed by atoms with van der Waals surface area (Å²) >= 11 is 3.68. The topological polar surface area (TPSA) is 20.2 Å². The molecule has 2 heteroatoms. The lowest BCUT2D eigenvalue weighted by molar-refractivity contribution is 0.474. The maximum Gasteiger partial charge on any atom is 0.115 e. The van der Waals surface area contributed by atoms with Crippen LogP contribution >= 0.6 is 15.9 Å². The highest BCUT2D eigenvalue weighted by atomic mass is 79.9. The molecule has 1 atom stereocenters. The summed E-state index contributed by atoms with van der Waals surface area (Å²) in [5, 5.41) is 9.34. The zero-order chi connectivity index (χ0) is 9.64. The fourth-order valence-electron chi connectivity index (χ4n) is 1.99. The second kappa shape index (κ2) is 2.74. The van der Waals surface area contributed by atoms with Crippen LogP contribution in [-0.4, -0.2) is 9.93 Å². The van der Waals surface area contributed by atoms with E-state index >= 15 is 0 Å². The van der Waals surface area contributed by atoms with Crippen LogP contribution in [0.25, 0.3) is 0 Å². The molecule has 0 saturated carbocycles. The summed E-state index contributed by atoms with van der Waals surface area (Å²) < 4.78 is 0. The molecule has 13 heavy (non-hydrogen) atoms. The van der Waals surface area contributed by atoms with Crippen molar-refractivity contribution in [2.45, 2.75) is 30.5 Å². The van der Waals surface area contributed by atoms with E-state index in [-0.39, 0.29) is 5.41 Å². The number of fused-ring (bicyclic) bond motifs is 1. The Labute approximate surface area is 86.9 Å². The molecule has 0 saturated heterocycles. The van der Waals surface area contributed by atoms with Gasteiger partial charge in [-0.1, -0.05) is 35.8 Å². The predicted molar refractivity (Wildman–Crippen MR) is 57.6 cm³/mol. The molecule has 0 amide bonds. The third-order valence-corrected chi connectivity index (χ3v) is 4.43. The molecule has 0 fully saturated rings. The summed E-state index contributed by atoms with van der Waals surface area (Å²) in [5.74, 6) is 0.371. The third-order valence-electron chi connectivity index (χ3n) is 2.97. The molecule has 1 unspecified atom stereocenters. The molecule has 0 radical (unpaired) electrons. The average molecular weight is 241 g/mol. The van der Waals surface area contributed by atoms with Crippen LogP contribution < -0.4 is 0 Å². The number of hydrogen-bond acceptors (Lipinski definition) is 1. The van der Waals surface area contributed by atoms with Crippen LogP contribution in [0.1, 0.15) is 25.0 Å². The van der Waals surface area contributed by atoms with Gasteiger partial charge in [-0.3, -0.25) is 0 Å². The Hall–Kier alpha value is -0.500. The maximum atomic E-state index is 9.34. The van der Waals surface area contributed by atoms with Crippen LogP contribution in [0.5, 0.6) is 5.75 Å². The van der Waals surface area contributed by atoms with Gasteiger partial charge in [-0.15, -0.1) is 0 Å². The standard InChI is InChI=1S/C11H13BrO/c1-11(2)9-4-3-8(13)5-7(9)6-10(11)12/h3-5,10,13H,6H2,1-2H3. The van der Waals surface area contributed by atoms with Gasteiger partial charge in [0, 0.05) is 10.2 Å². The average Bonchev–Trinajstić information content (AvgIpc) is 2.23. The molecule has 0 aromatic heterocycles. The summed E-state index contributed by atoms with van der Waals surface area (Å²) in [7, 11) is 0. The van der Waals surface area contributed by atoms with Crippen molar-refractivity contribution >= 4 is 15.9 Å². The number of aromatic hydroxyl groups is 1. The van der Waals surface area contributed by atoms with E-state index < -0.39 is 0 Å². The first-order valence-electron chi connectivity index (χ1n) is 4.48. The van der Waals surface area contributed by atoms with Crippen LogP contribution in [0.2, 0.25) is 0 Å². The van der Waals surface area contributed by atoms with Gasteiger partial charge in [-0.25, -0.2) is 0 Å². The summed E-state index contributed by atoms with van der Waals surface area (Å²) in [5.41, 5.74) is 2.81. The first-order valence-corrected chi connectivity index (χ1v) is 5.40. The van der Waals surface area contributed by atoms with Crippen molar-refractivity contribution in [3.8, 4) is 5.75 Å². The molecule has 2 rings (SSSR count). The van der Waals surface area contributed by atoms with Crippen LogP contribution in [0.4, 0.5) is 0 Å². The molecule has 0 bridgehead atoms. The van der Waals surface area contributed by atoms with Gasteiger partial charge >= 0.3 is 0 Å². The molecule has 0 spiro atoms. The Kier molecular flexibility index (Phi) is 1.91. The smallest absolute Gasteiger partial charge is 0.115 e. The molecule has 1 aromatic rings. The number of rotatable bonds is 0. The SMILES string of the molecule is CC1(C)c2ccc(O)cc2CC1Br. The van der Waals surface area contributed by atoms with Crippen molar-refractivity contribution in [3.63, 3.8) is 0 Å². The minimum atomic E-state index is 0.184. The van der Waals surface area contributed by atoms with Crippen LogP contribution in [-0.2, 0) is 11.8 Å². The van der Waals surface area contributed by atoms with Gasteiger partial charge in [0.1, 0.15) is 5.75 Å². The minimum absolute atomic E-state index is 0.184. The van der Waals surface area contributed by atoms with Crippen molar-refractivity contribution in [2.75, 3.05) is 0 Å². The lowest BCUT2D eigenvalue weighted by atomic mass is 9.86. The Balaban J connectivity index is 2.55. The van der Waals surface area contributed by atoms with Crippen LogP contribution in [0.15, 0.2) is 18.2 Å². The minimum Gasteiger partial charge on any atom is -0.508 e. The quantitative estimate of drug-likeness (QED) is 0.692. The lowest BCUT2D eigenvalue weighted by Gasteiger charge is -2.23. The fourth-order valence-corrected chi connectivity index (χ4v) is 2.59. The number of phenols is 1. The summed E-state index contributed by atoms with van der Waals surface area (Å²) in [6.45, 7) is 4.46. The fraction of sp³-hybridized carbons (Fsp3) is 0.455. The molecule has 1 N–H and O–H groups in total. The van der Waals surface area contributed by atoms with Gasteiger partial charge in [-0.2, -0.15) is 0 Å².